The summed E-state index contributed by atoms with van der Waals surface area (Å²) in [6.07, 6.45) is 7.47. The molecule has 1 unspecified atom stereocenters. The summed E-state index contributed by atoms with van der Waals surface area (Å²) in [6, 6.07) is 5.93. The van der Waals surface area contributed by atoms with Gasteiger partial charge in [-0.3, -0.25) is 4.79 Å². The highest BCUT2D eigenvalue weighted by atomic mass is 32.2. The number of carbonyl (C=O) groups excluding carboxylic acids is 1. The third-order valence-electron chi connectivity index (χ3n) is 3.95. The van der Waals surface area contributed by atoms with Gasteiger partial charge in [0.2, 0.25) is 0 Å². The van der Waals surface area contributed by atoms with Crippen LogP contribution < -0.4 is 0 Å². The lowest BCUT2D eigenvalue weighted by Crippen LogP contribution is -2.26. The summed E-state index contributed by atoms with van der Waals surface area (Å²) in [6.45, 7) is 6.23. The number of amides is 1. The molecule has 1 atom stereocenters. The van der Waals surface area contributed by atoms with E-state index in [0.29, 0.717) is 16.6 Å². The Balaban J connectivity index is 2.46. The van der Waals surface area contributed by atoms with Gasteiger partial charge in [0.25, 0.3) is 5.91 Å². The number of phenols is 1. The van der Waals surface area contributed by atoms with Gasteiger partial charge in [-0.1, -0.05) is 51.1 Å². The fourth-order valence-electron chi connectivity index (χ4n) is 2.60. The van der Waals surface area contributed by atoms with Crippen molar-refractivity contribution in [3.05, 3.63) is 39.8 Å². The van der Waals surface area contributed by atoms with E-state index in [1.807, 2.05) is 30.4 Å². The van der Waals surface area contributed by atoms with Crippen molar-refractivity contribution < 1.29 is 9.90 Å². The first-order valence-corrected chi connectivity index (χ1v) is 9.34. The number of hydrogen-bond acceptors (Lipinski definition) is 4. The first kappa shape index (κ1) is 19.1. The maximum atomic E-state index is 12.3. The molecule has 132 valence electrons. The van der Waals surface area contributed by atoms with Crippen LogP contribution in [-0.2, 0) is 11.2 Å². The molecule has 0 radical (unpaired) electrons. The third-order valence-corrected chi connectivity index (χ3v) is 5.14. The molecule has 0 spiro atoms. The number of aryl methyl sites for hydroxylation is 1. The van der Waals surface area contributed by atoms with Gasteiger partial charge < -0.3 is 10.0 Å². The molecular weight excluding hydrogens is 332 g/mol. The van der Waals surface area contributed by atoms with Gasteiger partial charge in [0.15, 0.2) is 5.37 Å². The molecule has 1 fully saturated rings. The molecule has 1 aliphatic rings. The number of benzene rings is 1. The Morgan fingerprint density at radius 3 is 2.72 bits per heavy atom. The van der Waals surface area contributed by atoms with Crippen molar-refractivity contribution in [2.45, 2.75) is 39.0 Å². The molecule has 0 saturated carbocycles. The molecule has 4 nitrogen and oxygen atoms in total. The number of nitriles is 1. The van der Waals surface area contributed by atoms with Crippen molar-refractivity contribution >= 4 is 29.8 Å². The standard InChI is InChI=1S/C20H24N2O2S/c1-5-6-15-9-14(10-16(19(15)23)8-7-13(2)3)11-17-20(24)22(4)18(12-21)25-17/h7-11,13,18,23H,5-6H2,1-4H3. The van der Waals surface area contributed by atoms with Gasteiger partial charge >= 0.3 is 0 Å². The highest BCUT2D eigenvalue weighted by Gasteiger charge is 2.33. The van der Waals surface area contributed by atoms with Gasteiger partial charge in [-0.25, -0.2) is 0 Å². The number of phenolic OH excluding ortho intramolecular Hbond substituents is 1. The molecule has 1 aromatic rings. The van der Waals surface area contributed by atoms with Crippen molar-refractivity contribution in [2.75, 3.05) is 7.05 Å². The number of aromatic hydroxyl groups is 1. The molecule has 1 amide bonds. The fourth-order valence-corrected chi connectivity index (χ4v) is 3.60. The zero-order chi connectivity index (χ0) is 18.6. The molecule has 1 heterocycles. The van der Waals surface area contributed by atoms with Gasteiger partial charge in [0.1, 0.15) is 5.75 Å². The lowest BCUT2D eigenvalue weighted by atomic mass is 9.99. The van der Waals surface area contributed by atoms with Crippen LogP contribution in [0.25, 0.3) is 12.2 Å². The number of nitrogens with zero attached hydrogens (tertiary/aromatic N) is 2. The molecule has 2 rings (SSSR count). The van der Waals surface area contributed by atoms with E-state index in [2.05, 4.69) is 26.8 Å². The van der Waals surface area contributed by atoms with E-state index in [4.69, 9.17) is 5.26 Å². The molecule has 1 aromatic carbocycles. The Bertz CT molecular complexity index is 760. The maximum Gasteiger partial charge on any atom is 0.261 e. The minimum Gasteiger partial charge on any atom is -0.507 e. The molecule has 0 aromatic heterocycles. The van der Waals surface area contributed by atoms with Crippen LogP contribution in [0.5, 0.6) is 5.75 Å². The summed E-state index contributed by atoms with van der Waals surface area (Å²) in [5, 5.41) is 19.1. The van der Waals surface area contributed by atoms with E-state index < -0.39 is 5.37 Å². The number of thioether (sulfide) groups is 1. The van der Waals surface area contributed by atoms with Crippen LogP contribution in [0.15, 0.2) is 23.1 Å². The molecule has 25 heavy (non-hydrogen) atoms. The Labute approximate surface area is 153 Å². The molecular formula is C20H24N2O2S. The highest BCUT2D eigenvalue weighted by molar-refractivity contribution is 8.05. The van der Waals surface area contributed by atoms with Gasteiger partial charge in [-0.15, -0.1) is 0 Å². The summed E-state index contributed by atoms with van der Waals surface area (Å²) in [5.41, 5.74) is 2.50. The molecule has 1 aliphatic heterocycles. The van der Waals surface area contributed by atoms with E-state index in [1.54, 1.807) is 7.05 Å². The third kappa shape index (κ3) is 4.46. The first-order valence-electron chi connectivity index (χ1n) is 8.46. The van der Waals surface area contributed by atoms with Crippen LogP contribution in [0.1, 0.15) is 43.9 Å². The highest BCUT2D eigenvalue weighted by Crippen LogP contribution is 2.36. The normalized spacial score (nSPS) is 19.4. The maximum absolute atomic E-state index is 12.3. The van der Waals surface area contributed by atoms with Gasteiger partial charge in [-0.2, -0.15) is 5.26 Å². The topological polar surface area (TPSA) is 64.3 Å². The molecule has 1 saturated heterocycles. The lowest BCUT2D eigenvalue weighted by molar-refractivity contribution is -0.124. The second-order valence-electron chi connectivity index (χ2n) is 6.49. The Morgan fingerprint density at radius 1 is 1.44 bits per heavy atom. The van der Waals surface area contributed by atoms with Gasteiger partial charge in [0, 0.05) is 12.6 Å². The van der Waals surface area contributed by atoms with Crippen LogP contribution in [-0.4, -0.2) is 28.3 Å². The minimum absolute atomic E-state index is 0.138. The van der Waals surface area contributed by atoms with Crippen molar-refractivity contribution in [1.29, 1.82) is 5.26 Å². The largest absolute Gasteiger partial charge is 0.507 e. The van der Waals surface area contributed by atoms with E-state index in [0.717, 1.165) is 29.5 Å². The van der Waals surface area contributed by atoms with E-state index in [-0.39, 0.29) is 5.91 Å². The summed E-state index contributed by atoms with van der Waals surface area (Å²) in [4.78, 5) is 14.3. The summed E-state index contributed by atoms with van der Waals surface area (Å²) in [7, 11) is 1.64. The zero-order valence-corrected chi connectivity index (χ0v) is 15.9. The average molecular weight is 356 g/mol. The predicted octanol–water partition coefficient (Wildman–Crippen LogP) is 4.41. The summed E-state index contributed by atoms with van der Waals surface area (Å²) in [5.74, 6) is 0.548. The van der Waals surface area contributed by atoms with Gasteiger partial charge in [-0.05, 0) is 41.7 Å². The Kier molecular flexibility index (Phi) is 6.33. The summed E-state index contributed by atoms with van der Waals surface area (Å²) >= 11 is 1.27. The molecule has 5 heteroatoms. The smallest absolute Gasteiger partial charge is 0.261 e. The quantitative estimate of drug-likeness (QED) is 0.794. The Hall–Kier alpha value is -2.19. The number of allylic oxidation sites excluding steroid dienone is 1. The number of carbonyl (C=O) groups is 1. The minimum atomic E-state index is -0.480. The monoisotopic (exact) mass is 356 g/mol. The first-order chi connectivity index (χ1) is 11.9. The number of hydrogen-bond donors (Lipinski definition) is 1. The fraction of sp³-hybridized carbons (Fsp3) is 0.400. The average Bonchev–Trinajstić information content (AvgIpc) is 2.84. The van der Waals surface area contributed by atoms with Gasteiger partial charge in [0.05, 0.1) is 11.0 Å². The van der Waals surface area contributed by atoms with Crippen molar-refractivity contribution in [3.63, 3.8) is 0 Å². The second kappa shape index (κ2) is 8.26. The Morgan fingerprint density at radius 2 is 2.16 bits per heavy atom. The van der Waals surface area contributed by atoms with Crippen LogP contribution in [0.2, 0.25) is 0 Å². The SMILES string of the molecule is CCCc1cc(C=C2SC(C#N)N(C)C2=O)cc(C=CC(C)C)c1O. The summed E-state index contributed by atoms with van der Waals surface area (Å²) < 4.78 is 0. The van der Waals surface area contributed by atoms with Crippen LogP contribution in [0, 0.1) is 17.2 Å². The zero-order valence-electron chi connectivity index (χ0n) is 15.1. The molecule has 0 aliphatic carbocycles. The van der Waals surface area contributed by atoms with Crippen molar-refractivity contribution in [2.24, 2.45) is 5.92 Å². The van der Waals surface area contributed by atoms with Crippen molar-refractivity contribution in [3.8, 4) is 11.8 Å². The van der Waals surface area contributed by atoms with E-state index in [9.17, 15) is 9.90 Å². The van der Waals surface area contributed by atoms with Crippen LogP contribution >= 0.6 is 11.8 Å². The van der Waals surface area contributed by atoms with E-state index >= 15 is 0 Å². The van der Waals surface area contributed by atoms with Crippen LogP contribution in [0.4, 0.5) is 0 Å². The number of rotatable bonds is 5. The van der Waals surface area contributed by atoms with Crippen molar-refractivity contribution in [1.82, 2.24) is 4.90 Å². The molecule has 0 bridgehead atoms. The van der Waals surface area contributed by atoms with Crippen LogP contribution in [0.3, 0.4) is 0 Å². The predicted molar refractivity (Wildman–Crippen MR) is 104 cm³/mol. The lowest BCUT2D eigenvalue weighted by Gasteiger charge is -2.10. The molecule has 1 N–H and O–H groups in total. The van der Waals surface area contributed by atoms with E-state index in [1.165, 1.54) is 16.7 Å². The number of likely N-dealkylation sites (N-methyl/N-ethyl adjacent to an activating group) is 1. The second-order valence-corrected chi connectivity index (χ2v) is 7.62.